The lowest BCUT2D eigenvalue weighted by atomic mass is 9.84. The molecule has 1 aliphatic carbocycles. The molecule has 1 aromatic heterocycles. The number of hydrogen-bond acceptors (Lipinski definition) is 2. The van der Waals surface area contributed by atoms with Gasteiger partial charge in [-0.15, -0.1) is 0 Å². The Labute approximate surface area is 73.1 Å². The van der Waals surface area contributed by atoms with Crippen LogP contribution < -0.4 is 0 Å². The van der Waals surface area contributed by atoms with Crippen molar-refractivity contribution in [1.82, 2.24) is 9.97 Å². The lowest BCUT2D eigenvalue weighted by Crippen LogP contribution is -2.17. The third-order valence-electron chi connectivity index (χ3n) is 2.57. The molecule has 0 radical (unpaired) electrons. The predicted octanol–water partition coefficient (Wildman–Crippen LogP) is 2.16. The van der Waals surface area contributed by atoms with Gasteiger partial charge in [-0.3, -0.25) is 9.97 Å². The molecule has 2 heteroatoms. The average molecular weight is 162 g/mol. The van der Waals surface area contributed by atoms with E-state index in [4.69, 9.17) is 0 Å². The second-order valence-electron chi connectivity index (χ2n) is 3.83. The number of aromatic nitrogens is 2. The molecule has 2 unspecified atom stereocenters. The Hall–Kier alpha value is -0.920. The maximum Gasteiger partial charge on any atom is 0.0647 e. The fourth-order valence-electron chi connectivity index (χ4n) is 2.08. The zero-order chi connectivity index (χ0) is 8.55. The van der Waals surface area contributed by atoms with Gasteiger partial charge in [0, 0.05) is 18.3 Å². The summed E-state index contributed by atoms with van der Waals surface area (Å²) in [7, 11) is 0. The second kappa shape index (κ2) is 2.85. The van der Waals surface area contributed by atoms with Crippen molar-refractivity contribution in [2.24, 2.45) is 5.92 Å². The minimum absolute atomic E-state index is 0.595. The van der Waals surface area contributed by atoms with Crippen LogP contribution in [0.3, 0.4) is 0 Å². The molecule has 0 spiro atoms. The van der Waals surface area contributed by atoms with Gasteiger partial charge in [0.15, 0.2) is 0 Å². The summed E-state index contributed by atoms with van der Waals surface area (Å²) >= 11 is 0. The molecule has 1 heterocycles. The van der Waals surface area contributed by atoms with Crippen LogP contribution in [0.15, 0.2) is 12.4 Å². The maximum atomic E-state index is 4.37. The van der Waals surface area contributed by atoms with E-state index in [1.165, 1.54) is 17.8 Å². The van der Waals surface area contributed by atoms with Crippen LogP contribution in [0.5, 0.6) is 0 Å². The highest BCUT2D eigenvalue weighted by atomic mass is 14.8. The number of fused-ring (bicyclic) bond motifs is 1. The van der Waals surface area contributed by atoms with Crippen molar-refractivity contribution in [3.63, 3.8) is 0 Å². The van der Waals surface area contributed by atoms with E-state index in [2.05, 4.69) is 23.8 Å². The fourth-order valence-corrected chi connectivity index (χ4v) is 2.08. The number of rotatable bonds is 0. The summed E-state index contributed by atoms with van der Waals surface area (Å²) in [6, 6.07) is 0. The van der Waals surface area contributed by atoms with E-state index in [1.54, 1.807) is 12.4 Å². The van der Waals surface area contributed by atoms with Gasteiger partial charge in [0.2, 0.25) is 0 Å². The highest BCUT2D eigenvalue weighted by Gasteiger charge is 2.22. The van der Waals surface area contributed by atoms with Crippen LogP contribution in [-0.2, 0) is 6.42 Å². The largest absolute Gasteiger partial charge is 0.258 e. The normalized spacial score (nSPS) is 28.2. The topological polar surface area (TPSA) is 25.8 Å². The Morgan fingerprint density at radius 2 is 2.00 bits per heavy atom. The van der Waals surface area contributed by atoms with Crippen molar-refractivity contribution in [3.8, 4) is 0 Å². The highest BCUT2D eigenvalue weighted by molar-refractivity contribution is 5.18. The standard InChI is InChI=1S/C10H14N2/c1-7-5-8(2)10-9(6-7)11-3-4-12-10/h3-4,7-8H,5-6H2,1-2H3. The van der Waals surface area contributed by atoms with Crippen molar-refractivity contribution in [1.29, 1.82) is 0 Å². The summed E-state index contributed by atoms with van der Waals surface area (Å²) in [5, 5.41) is 0. The molecule has 0 aliphatic heterocycles. The summed E-state index contributed by atoms with van der Waals surface area (Å²) in [4.78, 5) is 8.73. The molecular formula is C10H14N2. The van der Waals surface area contributed by atoms with Gasteiger partial charge in [-0.1, -0.05) is 13.8 Å². The lowest BCUT2D eigenvalue weighted by molar-refractivity contribution is 0.433. The molecule has 1 aliphatic rings. The van der Waals surface area contributed by atoms with Gasteiger partial charge in [-0.05, 0) is 18.8 Å². The average Bonchev–Trinajstić information content (AvgIpc) is 2.04. The number of nitrogens with zero attached hydrogens (tertiary/aromatic N) is 2. The molecule has 0 fully saturated rings. The van der Waals surface area contributed by atoms with E-state index in [-0.39, 0.29) is 0 Å². The second-order valence-corrected chi connectivity index (χ2v) is 3.83. The number of hydrogen-bond donors (Lipinski definition) is 0. The predicted molar refractivity (Wildman–Crippen MR) is 47.9 cm³/mol. The van der Waals surface area contributed by atoms with Crippen LogP contribution in [0.2, 0.25) is 0 Å². The van der Waals surface area contributed by atoms with E-state index >= 15 is 0 Å². The van der Waals surface area contributed by atoms with Crippen LogP contribution >= 0.6 is 0 Å². The first-order chi connectivity index (χ1) is 5.77. The maximum absolute atomic E-state index is 4.37. The minimum Gasteiger partial charge on any atom is -0.258 e. The van der Waals surface area contributed by atoms with Crippen molar-refractivity contribution in [3.05, 3.63) is 23.8 Å². The van der Waals surface area contributed by atoms with E-state index in [9.17, 15) is 0 Å². The third kappa shape index (κ3) is 1.22. The molecule has 1 aromatic rings. The molecular weight excluding hydrogens is 148 g/mol. The van der Waals surface area contributed by atoms with Crippen molar-refractivity contribution in [2.75, 3.05) is 0 Å². The van der Waals surface area contributed by atoms with Crippen LogP contribution in [-0.4, -0.2) is 9.97 Å². The molecule has 0 aromatic carbocycles. The quantitative estimate of drug-likeness (QED) is 0.584. The van der Waals surface area contributed by atoms with Gasteiger partial charge in [-0.25, -0.2) is 0 Å². The van der Waals surface area contributed by atoms with Crippen LogP contribution in [0, 0.1) is 5.92 Å². The molecule has 2 nitrogen and oxygen atoms in total. The van der Waals surface area contributed by atoms with Crippen LogP contribution in [0.25, 0.3) is 0 Å². The van der Waals surface area contributed by atoms with Crippen LogP contribution in [0.1, 0.15) is 37.6 Å². The molecule has 0 saturated carbocycles. The van der Waals surface area contributed by atoms with Gasteiger partial charge in [0.05, 0.1) is 11.4 Å². The summed E-state index contributed by atoms with van der Waals surface area (Å²) in [5.41, 5.74) is 2.43. The zero-order valence-electron chi connectivity index (χ0n) is 7.62. The van der Waals surface area contributed by atoms with Gasteiger partial charge in [0.25, 0.3) is 0 Å². The zero-order valence-corrected chi connectivity index (χ0v) is 7.62. The summed E-state index contributed by atoms with van der Waals surface area (Å²) in [6.07, 6.45) is 5.95. The van der Waals surface area contributed by atoms with Gasteiger partial charge in [-0.2, -0.15) is 0 Å². The summed E-state index contributed by atoms with van der Waals surface area (Å²) < 4.78 is 0. The Bertz CT molecular complexity index is 283. The van der Waals surface area contributed by atoms with Crippen molar-refractivity contribution >= 4 is 0 Å². The Morgan fingerprint density at radius 3 is 2.83 bits per heavy atom. The molecule has 64 valence electrons. The highest BCUT2D eigenvalue weighted by Crippen LogP contribution is 2.31. The van der Waals surface area contributed by atoms with E-state index in [1.807, 2.05) is 0 Å². The molecule has 2 rings (SSSR count). The first kappa shape index (κ1) is 7.71. The molecule has 12 heavy (non-hydrogen) atoms. The smallest absolute Gasteiger partial charge is 0.0647 e. The molecule has 0 bridgehead atoms. The van der Waals surface area contributed by atoms with E-state index < -0.39 is 0 Å². The fraction of sp³-hybridized carbons (Fsp3) is 0.600. The molecule has 2 atom stereocenters. The summed E-state index contributed by atoms with van der Waals surface area (Å²) in [5.74, 6) is 1.36. The van der Waals surface area contributed by atoms with E-state index in [0.29, 0.717) is 5.92 Å². The first-order valence-corrected chi connectivity index (χ1v) is 4.57. The van der Waals surface area contributed by atoms with Gasteiger partial charge < -0.3 is 0 Å². The Morgan fingerprint density at radius 1 is 1.25 bits per heavy atom. The molecule has 0 N–H and O–H groups in total. The summed E-state index contributed by atoms with van der Waals surface area (Å²) in [6.45, 7) is 4.53. The Kier molecular flexibility index (Phi) is 1.83. The monoisotopic (exact) mass is 162 g/mol. The van der Waals surface area contributed by atoms with Crippen molar-refractivity contribution in [2.45, 2.75) is 32.6 Å². The lowest BCUT2D eigenvalue weighted by Gasteiger charge is -2.24. The Balaban J connectivity index is 2.40. The van der Waals surface area contributed by atoms with Crippen molar-refractivity contribution < 1.29 is 0 Å². The van der Waals surface area contributed by atoms with Gasteiger partial charge in [0.1, 0.15) is 0 Å². The minimum atomic E-state index is 0.595. The third-order valence-corrected chi connectivity index (χ3v) is 2.57. The molecule has 0 amide bonds. The van der Waals surface area contributed by atoms with E-state index in [0.717, 1.165) is 12.3 Å². The first-order valence-electron chi connectivity index (χ1n) is 4.57. The van der Waals surface area contributed by atoms with Gasteiger partial charge >= 0.3 is 0 Å². The SMILES string of the molecule is CC1Cc2nccnc2C(C)C1. The van der Waals surface area contributed by atoms with Crippen LogP contribution in [0.4, 0.5) is 0 Å². The molecule has 0 saturated heterocycles.